The van der Waals surface area contributed by atoms with Gasteiger partial charge in [-0.3, -0.25) is 19.4 Å². The molecule has 0 fully saturated rings. The summed E-state index contributed by atoms with van der Waals surface area (Å²) < 4.78 is 0. The number of amides is 3. The van der Waals surface area contributed by atoms with E-state index in [1.807, 2.05) is 6.07 Å². The van der Waals surface area contributed by atoms with E-state index in [-0.39, 0.29) is 41.4 Å². The molecule has 0 bridgehead atoms. The first-order chi connectivity index (χ1) is 16.2. The van der Waals surface area contributed by atoms with E-state index in [9.17, 15) is 14.4 Å². The summed E-state index contributed by atoms with van der Waals surface area (Å²) in [7, 11) is 0. The molecule has 8 nitrogen and oxygen atoms in total. The Balaban J connectivity index is 1.55. The lowest BCUT2D eigenvalue weighted by molar-refractivity contribution is -0.120. The molecule has 34 heavy (non-hydrogen) atoms. The van der Waals surface area contributed by atoms with Crippen LogP contribution in [0, 0.1) is 0 Å². The number of carbonyl (C=O) groups is 3. The van der Waals surface area contributed by atoms with Gasteiger partial charge in [0.05, 0.1) is 22.7 Å². The Morgan fingerprint density at radius 3 is 2.62 bits per heavy atom. The second kappa shape index (κ2) is 11.9. The monoisotopic (exact) mass is 519 g/mol. The molecule has 11 heteroatoms. The number of nitrogens with one attached hydrogen (secondary N) is 2. The number of thiazole rings is 1. The number of hydrogen-bond acceptors (Lipinski definition) is 6. The number of aromatic nitrogens is 2. The van der Waals surface area contributed by atoms with E-state index in [2.05, 4.69) is 20.6 Å². The smallest absolute Gasteiger partial charge is 0.256 e. The Morgan fingerprint density at radius 2 is 1.94 bits per heavy atom. The maximum Gasteiger partial charge on any atom is 0.256 e. The zero-order valence-electron chi connectivity index (χ0n) is 18.5. The second-order valence-electron chi connectivity index (χ2n) is 7.66. The van der Waals surface area contributed by atoms with Crippen molar-refractivity contribution in [3.05, 3.63) is 75.0 Å². The molecule has 3 amide bonds. The Hall–Kier alpha value is -3.01. The fourth-order valence-electron chi connectivity index (χ4n) is 3.00. The molecule has 0 aliphatic rings. The Kier molecular flexibility index (Phi) is 8.98. The first-order valence-corrected chi connectivity index (χ1v) is 12.0. The lowest BCUT2D eigenvalue weighted by atomic mass is 10.1. The van der Waals surface area contributed by atoms with Crippen LogP contribution in [0.4, 0.5) is 5.13 Å². The van der Waals surface area contributed by atoms with Crippen LogP contribution in [0.5, 0.6) is 0 Å². The minimum Gasteiger partial charge on any atom is -0.352 e. The molecule has 0 atom stereocenters. The van der Waals surface area contributed by atoms with Crippen LogP contribution in [0.25, 0.3) is 0 Å². The molecule has 3 aromatic rings. The van der Waals surface area contributed by atoms with E-state index in [0.29, 0.717) is 22.4 Å². The number of nitrogens with zero attached hydrogens (tertiary/aromatic N) is 3. The number of halogens is 2. The zero-order chi connectivity index (χ0) is 24.7. The highest BCUT2D eigenvalue weighted by Crippen LogP contribution is 2.23. The van der Waals surface area contributed by atoms with Crippen LogP contribution in [0.1, 0.15) is 35.5 Å². The highest BCUT2D eigenvalue weighted by atomic mass is 35.5. The van der Waals surface area contributed by atoms with Crippen molar-refractivity contribution < 1.29 is 14.4 Å². The minimum atomic E-state index is -0.408. The van der Waals surface area contributed by atoms with Crippen LogP contribution >= 0.6 is 34.5 Å². The third-order valence-corrected chi connectivity index (χ3v) is 6.07. The molecule has 0 aliphatic carbocycles. The van der Waals surface area contributed by atoms with Crippen LogP contribution in [0.15, 0.2) is 48.1 Å². The van der Waals surface area contributed by atoms with Gasteiger partial charge in [0.2, 0.25) is 11.8 Å². The number of benzene rings is 1. The lowest BCUT2D eigenvalue weighted by Crippen LogP contribution is -2.42. The molecule has 2 aromatic heterocycles. The molecule has 2 N–H and O–H groups in total. The van der Waals surface area contributed by atoms with E-state index < -0.39 is 5.91 Å². The Morgan fingerprint density at radius 1 is 1.15 bits per heavy atom. The summed E-state index contributed by atoms with van der Waals surface area (Å²) in [6, 6.07) is 8.01. The molecule has 0 aliphatic heterocycles. The van der Waals surface area contributed by atoms with E-state index in [0.717, 1.165) is 5.56 Å². The van der Waals surface area contributed by atoms with Gasteiger partial charge in [0.25, 0.3) is 5.91 Å². The third kappa shape index (κ3) is 7.24. The van der Waals surface area contributed by atoms with Gasteiger partial charge in [0.1, 0.15) is 6.54 Å². The molecule has 178 valence electrons. The molecule has 2 heterocycles. The van der Waals surface area contributed by atoms with Gasteiger partial charge in [-0.05, 0) is 43.7 Å². The van der Waals surface area contributed by atoms with Gasteiger partial charge in [0.15, 0.2) is 5.13 Å². The van der Waals surface area contributed by atoms with Crippen LogP contribution in [0.2, 0.25) is 10.0 Å². The van der Waals surface area contributed by atoms with Crippen LogP contribution < -0.4 is 10.6 Å². The highest BCUT2D eigenvalue weighted by molar-refractivity contribution is 7.13. The van der Waals surface area contributed by atoms with E-state index in [4.69, 9.17) is 23.2 Å². The van der Waals surface area contributed by atoms with Crippen molar-refractivity contribution in [1.82, 2.24) is 20.2 Å². The van der Waals surface area contributed by atoms with Crippen molar-refractivity contribution in [3.8, 4) is 0 Å². The molecule has 1 aromatic carbocycles. The van der Waals surface area contributed by atoms with E-state index >= 15 is 0 Å². The standard InChI is InChI=1S/C23H23Cl2N5O3S/c1-14(2)30(22(33)18-6-5-16(24)8-19(18)25)12-21(32)29-23-28-17(13-34-23)9-20(31)27-11-15-4-3-7-26-10-15/h3-8,10,13-14H,9,11-12H2,1-2H3,(H,27,31)(H,28,29,32). The Bertz CT molecular complexity index is 1170. The molecule has 0 saturated heterocycles. The summed E-state index contributed by atoms with van der Waals surface area (Å²) in [6.45, 7) is 3.80. The number of pyridine rings is 1. The maximum atomic E-state index is 13.0. The van der Waals surface area contributed by atoms with Gasteiger partial charge >= 0.3 is 0 Å². The highest BCUT2D eigenvalue weighted by Gasteiger charge is 2.24. The van der Waals surface area contributed by atoms with Gasteiger partial charge < -0.3 is 15.5 Å². The number of rotatable bonds is 9. The topological polar surface area (TPSA) is 104 Å². The van der Waals surface area contributed by atoms with Crippen molar-refractivity contribution in [2.24, 2.45) is 0 Å². The predicted molar refractivity (Wildman–Crippen MR) is 133 cm³/mol. The largest absolute Gasteiger partial charge is 0.352 e. The molecule has 0 unspecified atom stereocenters. The number of anilines is 1. The fourth-order valence-corrected chi connectivity index (χ4v) is 4.21. The summed E-state index contributed by atoms with van der Waals surface area (Å²) in [5.74, 6) is -0.977. The van der Waals surface area contributed by atoms with Crippen molar-refractivity contribution in [2.75, 3.05) is 11.9 Å². The zero-order valence-corrected chi connectivity index (χ0v) is 20.9. The average molecular weight is 520 g/mol. The van der Waals surface area contributed by atoms with Gasteiger partial charge in [-0.15, -0.1) is 11.3 Å². The lowest BCUT2D eigenvalue weighted by Gasteiger charge is -2.26. The van der Waals surface area contributed by atoms with Crippen molar-refractivity contribution >= 4 is 57.4 Å². The molecule has 3 rings (SSSR count). The quantitative estimate of drug-likeness (QED) is 0.440. The van der Waals surface area contributed by atoms with Crippen molar-refractivity contribution in [3.63, 3.8) is 0 Å². The minimum absolute atomic E-state index is 0.0817. The van der Waals surface area contributed by atoms with Gasteiger partial charge in [0, 0.05) is 35.4 Å². The first-order valence-electron chi connectivity index (χ1n) is 10.4. The first kappa shape index (κ1) is 25.6. The third-order valence-electron chi connectivity index (χ3n) is 4.71. The summed E-state index contributed by atoms with van der Waals surface area (Å²) in [5.41, 5.74) is 1.70. The number of carbonyl (C=O) groups excluding carboxylic acids is 3. The fraction of sp³-hybridized carbons (Fsp3) is 0.261. The molecule has 0 saturated carbocycles. The maximum absolute atomic E-state index is 13.0. The normalized spacial score (nSPS) is 10.7. The second-order valence-corrected chi connectivity index (χ2v) is 9.36. The molecule has 0 radical (unpaired) electrons. The van der Waals surface area contributed by atoms with Gasteiger partial charge in [-0.2, -0.15) is 0 Å². The SMILES string of the molecule is CC(C)N(CC(=O)Nc1nc(CC(=O)NCc2cccnc2)cs1)C(=O)c1ccc(Cl)cc1Cl. The predicted octanol–water partition coefficient (Wildman–Crippen LogP) is 4.19. The van der Waals surface area contributed by atoms with Crippen molar-refractivity contribution in [1.29, 1.82) is 0 Å². The average Bonchev–Trinajstić information content (AvgIpc) is 3.22. The summed E-state index contributed by atoms with van der Waals surface area (Å²) in [5, 5.41) is 8.19. The summed E-state index contributed by atoms with van der Waals surface area (Å²) in [6.07, 6.45) is 3.43. The molecule has 0 spiro atoms. The molecular weight excluding hydrogens is 497 g/mol. The van der Waals surface area contributed by atoms with Gasteiger partial charge in [-0.1, -0.05) is 29.3 Å². The number of hydrogen-bond donors (Lipinski definition) is 2. The van der Waals surface area contributed by atoms with Crippen LogP contribution in [-0.2, 0) is 22.6 Å². The van der Waals surface area contributed by atoms with Crippen LogP contribution in [0.3, 0.4) is 0 Å². The van der Waals surface area contributed by atoms with Crippen molar-refractivity contribution in [2.45, 2.75) is 32.9 Å². The summed E-state index contributed by atoms with van der Waals surface area (Å²) >= 11 is 13.3. The Labute approximate surface area is 211 Å². The summed E-state index contributed by atoms with van der Waals surface area (Å²) in [4.78, 5) is 47.5. The van der Waals surface area contributed by atoms with E-state index in [1.54, 1.807) is 43.8 Å². The van der Waals surface area contributed by atoms with Crippen LogP contribution in [-0.4, -0.2) is 45.2 Å². The molecular formula is C23H23Cl2N5O3S. The van der Waals surface area contributed by atoms with E-state index in [1.165, 1.54) is 28.4 Å². The van der Waals surface area contributed by atoms with Gasteiger partial charge in [-0.25, -0.2) is 4.98 Å².